The van der Waals surface area contributed by atoms with E-state index in [0.29, 0.717) is 16.7 Å². The first-order valence-electron chi connectivity index (χ1n) is 8.25. The fourth-order valence-corrected chi connectivity index (χ4v) is 3.71. The Hall–Kier alpha value is -2.96. The van der Waals surface area contributed by atoms with Crippen molar-refractivity contribution in [2.24, 2.45) is 5.10 Å². The molecular weight excluding hydrogens is 408 g/mol. The van der Waals surface area contributed by atoms with E-state index in [0.717, 1.165) is 15.6 Å². The molecule has 1 aliphatic rings. The van der Waals surface area contributed by atoms with Crippen molar-refractivity contribution in [1.82, 2.24) is 5.43 Å². The molecule has 0 bridgehead atoms. The van der Waals surface area contributed by atoms with Crippen molar-refractivity contribution < 1.29 is 15.0 Å². The van der Waals surface area contributed by atoms with Crippen LogP contribution in [0.25, 0.3) is 11.1 Å². The van der Waals surface area contributed by atoms with Gasteiger partial charge in [0.25, 0.3) is 5.91 Å². The predicted octanol–water partition coefficient (Wildman–Crippen LogP) is 3.52. The molecule has 0 aliphatic heterocycles. The normalized spacial score (nSPS) is 14.0. The van der Waals surface area contributed by atoms with Gasteiger partial charge in [0.05, 0.1) is 6.21 Å². The lowest BCUT2D eigenvalue weighted by molar-refractivity contribution is -0.136. The van der Waals surface area contributed by atoms with Crippen LogP contribution in [0.1, 0.15) is 16.7 Å². The van der Waals surface area contributed by atoms with E-state index in [2.05, 4.69) is 26.5 Å². The van der Waals surface area contributed by atoms with Crippen molar-refractivity contribution in [3.05, 3.63) is 87.9 Å². The van der Waals surface area contributed by atoms with E-state index in [1.54, 1.807) is 36.4 Å². The fraction of sp³-hybridized carbons (Fsp3) is 0.0476. The van der Waals surface area contributed by atoms with Gasteiger partial charge in [-0.25, -0.2) is 5.43 Å². The smallest absolute Gasteiger partial charge is 0.281 e. The minimum atomic E-state index is -1.83. The number of hydrazone groups is 1. The molecular formula is C21H15BrN2O3. The average Bonchev–Trinajstić information content (AvgIpc) is 2.95. The van der Waals surface area contributed by atoms with Crippen LogP contribution >= 0.6 is 15.9 Å². The highest BCUT2D eigenvalue weighted by molar-refractivity contribution is 9.10. The zero-order chi connectivity index (χ0) is 19.0. The van der Waals surface area contributed by atoms with Gasteiger partial charge in [-0.15, -0.1) is 0 Å². The van der Waals surface area contributed by atoms with Gasteiger partial charge in [0, 0.05) is 21.2 Å². The molecule has 1 amide bonds. The van der Waals surface area contributed by atoms with Crippen molar-refractivity contribution >= 4 is 28.1 Å². The van der Waals surface area contributed by atoms with E-state index < -0.39 is 11.5 Å². The highest BCUT2D eigenvalue weighted by Crippen LogP contribution is 2.47. The molecule has 5 nitrogen and oxygen atoms in total. The van der Waals surface area contributed by atoms with Crippen LogP contribution in [-0.2, 0) is 10.4 Å². The molecule has 0 saturated carbocycles. The molecule has 27 heavy (non-hydrogen) atoms. The zero-order valence-corrected chi connectivity index (χ0v) is 15.6. The summed E-state index contributed by atoms with van der Waals surface area (Å²) in [4.78, 5) is 12.9. The van der Waals surface area contributed by atoms with Gasteiger partial charge in [0.15, 0.2) is 5.60 Å². The third kappa shape index (κ3) is 2.83. The monoisotopic (exact) mass is 422 g/mol. The van der Waals surface area contributed by atoms with Gasteiger partial charge in [-0.05, 0) is 29.3 Å². The Balaban J connectivity index is 1.67. The van der Waals surface area contributed by atoms with Gasteiger partial charge in [0.2, 0.25) is 0 Å². The van der Waals surface area contributed by atoms with Crippen LogP contribution in [0.2, 0.25) is 0 Å². The molecule has 4 rings (SSSR count). The summed E-state index contributed by atoms with van der Waals surface area (Å²) in [6, 6.07) is 19.4. The number of carbonyl (C=O) groups excluding carboxylic acids is 1. The molecule has 0 unspecified atom stereocenters. The van der Waals surface area contributed by atoms with Crippen LogP contribution in [-0.4, -0.2) is 22.3 Å². The van der Waals surface area contributed by atoms with E-state index in [9.17, 15) is 15.0 Å². The summed E-state index contributed by atoms with van der Waals surface area (Å²) in [5.74, 6) is -0.628. The number of benzene rings is 3. The van der Waals surface area contributed by atoms with E-state index in [-0.39, 0.29) is 5.75 Å². The van der Waals surface area contributed by atoms with Crippen LogP contribution in [0.15, 0.2) is 76.3 Å². The molecule has 0 fully saturated rings. The van der Waals surface area contributed by atoms with Crippen molar-refractivity contribution in [3.8, 4) is 16.9 Å². The number of rotatable bonds is 3. The number of phenolic OH excluding ortho intramolecular Hbond substituents is 1. The topological polar surface area (TPSA) is 81.9 Å². The standard InChI is InChI=1S/C21H15BrN2O3/c22-14-9-10-19(25)13(11-14)12-23-24-20(26)21(27)17-7-3-1-5-15(17)16-6-2-4-8-18(16)21/h1-12,25,27H,(H,24,26)/b23-12+. The molecule has 3 N–H and O–H groups in total. The number of amides is 1. The summed E-state index contributed by atoms with van der Waals surface area (Å²) in [7, 11) is 0. The van der Waals surface area contributed by atoms with E-state index in [4.69, 9.17) is 0 Å². The summed E-state index contributed by atoms with van der Waals surface area (Å²) in [5, 5.41) is 25.1. The fourth-order valence-electron chi connectivity index (χ4n) is 3.33. The van der Waals surface area contributed by atoms with Crippen LogP contribution in [0.5, 0.6) is 5.75 Å². The Morgan fingerprint density at radius 1 is 1.00 bits per heavy atom. The van der Waals surface area contributed by atoms with Gasteiger partial charge >= 0.3 is 0 Å². The maximum Gasteiger partial charge on any atom is 0.281 e. The van der Waals surface area contributed by atoms with Crippen molar-refractivity contribution in [1.29, 1.82) is 0 Å². The first-order chi connectivity index (χ1) is 13.0. The lowest BCUT2D eigenvalue weighted by Gasteiger charge is -2.23. The molecule has 0 radical (unpaired) electrons. The Bertz CT molecular complexity index is 1030. The largest absolute Gasteiger partial charge is 0.507 e. The van der Waals surface area contributed by atoms with Gasteiger partial charge in [0.1, 0.15) is 5.75 Å². The first kappa shape index (κ1) is 17.5. The first-order valence-corrected chi connectivity index (χ1v) is 9.05. The number of hydrogen-bond donors (Lipinski definition) is 3. The number of hydrogen-bond acceptors (Lipinski definition) is 4. The summed E-state index contributed by atoms with van der Waals surface area (Å²) >= 11 is 3.32. The summed E-state index contributed by atoms with van der Waals surface area (Å²) in [6.45, 7) is 0. The third-order valence-corrected chi connectivity index (χ3v) is 5.11. The van der Waals surface area contributed by atoms with Crippen LogP contribution < -0.4 is 5.43 Å². The summed E-state index contributed by atoms with van der Waals surface area (Å²) in [5.41, 5.74) is 3.67. The molecule has 0 atom stereocenters. The zero-order valence-electron chi connectivity index (χ0n) is 14.1. The molecule has 0 aromatic heterocycles. The number of nitrogens with zero attached hydrogens (tertiary/aromatic N) is 1. The Morgan fingerprint density at radius 3 is 2.22 bits per heavy atom. The van der Waals surface area contributed by atoms with Gasteiger partial charge in [-0.3, -0.25) is 4.79 Å². The minimum Gasteiger partial charge on any atom is -0.507 e. The van der Waals surface area contributed by atoms with Crippen LogP contribution in [0, 0.1) is 0 Å². The quantitative estimate of drug-likeness (QED) is 0.446. The molecule has 1 aliphatic carbocycles. The highest BCUT2D eigenvalue weighted by Gasteiger charge is 2.47. The number of aliphatic hydroxyl groups is 1. The Labute approximate surface area is 164 Å². The van der Waals surface area contributed by atoms with E-state index >= 15 is 0 Å². The maximum atomic E-state index is 12.9. The lowest BCUT2D eigenvalue weighted by atomic mass is 9.91. The van der Waals surface area contributed by atoms with Gasteiger partial charge in [-0.2, -0.15) is 5.10 Å². The van der Waals surface area contributed by atoms with E-state index in [1.165, 1.54) is 12.3 Å². The lowest BCUT2D eigenvalue weighted by Crippen LogP contribution is -2.42. The highest BCUT2D eigenvalue weighted by atomic mass is 79.9. The molecule has 3 aromatic carbocycles. The molecule has 0 saturated heterocycles. The molecule has 0 heterocycles. The Morgan fingerprint density at radius 2 is 1.59 bits per heavy atom. The average molecular weight is 423 g/mol. The van der Waals surface area contributed by atoms with Crippen LogP contribution in [0.4, 0.5) is 0 Å². The maximum absolute atomic E-state index is 12.9. The molecule has 3 aromatic rings. The minimum absolute atomic E-state index is 0.0338. The van der Waals surface area contributed by atoms with Gasteiger partial charge < -0.3 is 10.2 Å². The number of phenols is 1. The van der Waals surface area contributed by atoms with Crippen molar-refractivity contribution in [3.63, 3.8) is 0 Å². The predicted molar refractivity (Wildman–Crippen MR) is 106 cm³/mol. The Kier molecular flexibility index (Phi) is 4.30. The number of halogens is 1. The second-order valence-corrected chi connectivity index (χ2v) is 7.12. The number of fused-ring (bicyclic) bond motifs is 3. The summed E-state index contributed by atoms with van der Waals surface area (Å²) < 4.78 is 0.769. The second kappa shape index (κ2) is 6.64. The summed E-state index contributed by atoms with van der Waals surface area (Å²) in [6.07, 6.45) is 1.33. The number of carbonyl (C=O) groups is 1. The SMILES string of the molecule is O=C(N/N=C/c1cc(Br)ccc1O)C1(O)c2ccccc2-c2ccccc21. The third-order valence-electron chi connectivity index (χ3n) is 4.61. The van der Waals surface area contributed by atoms with Crippen molar-refractivity contribution in [2.75, 3.05) is 0 Å². The van der Waals surface area contributed by atoms with Gasteiger partial charge in [-0.1, -0.05) is 64.5 Å². The molecule has 0 spiro atoms. The molecule has 6 heteroatoms. The number of aromatic hydroxyl groups is 1. The van der Waals surface area contributed by atoms with E-state index in [1.807, 2.05) is 24.3 Å². The van der Waals surface area contributed by atoms with Crippen molar-refractivity contribution in [2.45, 2.75) is 5.60 Å². The number of nitrogens with one attached hydrogen (secondary N) is 1. The molecule has 134 valence electrons. The van der Waals surface area contributed by atoms with Crippen LogP contribution in [0.3, 0.4) is 0 Å². The second-order valence-electron chi connectivity index (χ2n) is 6.20.